The van der Waals surface area contributed by atoms with Crippen molar-refractivity contribution in [1.82, 2.24) is 0 Å². The van der Waals surface area contributed by atoms with Gasteiger partial charge in [-0.2, -0.15) is 0 Å². The zero-order valence-corrected chi connectivity index (χ0v) is 12.5. The fourth-order valence-corrected chi connectivity index (χ4v) is 4.31. The highest BCUT2D eigenvalue weighted by Gasteiger charge is 2.60. The van der Waals surface area contributed by atoms with E-state index in [2.05, 4.69) is 0 Å². The molecule has 0 aromatic heterocycles. The number of rotatable bonds is 2. The summed E-state index contributed by atoms with van der Waals surface area (Å²) in [6.45, 7) is 1.45. The van der Waals surface area contributed by atoms with Crippen LogP contribution >= 0.6 is 23.2 Å². The number of hydrogen-bond acceptors (Lipinski definition) is 2. The van der Waals surface area contributed by atoms with Crippen molar-refractivity contribution in [3.63, 3.8) is 0 Å². The molecule has 1 aliphatic carbocycles. The highest BCUT2D eigenvalue weighted by molar-refractivity contribution is 6.35. The van der Waals surface area contributed by atoms with E-state index in [-0.39, 0.29) is 5.41 Å². The van der Waals surface area contributed by atoms with Crippen molar-refractivity contribution in [3.8, 4) is 0 Å². The van der Waals surface area contributed by atoms with E-state index in [9.17, 15) is 9.90 Å². The van der Waals surface area contributed by atoms with Gasteiger partial charge in [0.05, 0.1) is 5.41 Å². The van der Waals surface area contributed by atoms with Gasteiger partial charge in [-0.05, 0) is 48.8 Å². The third-order valence-electron chi connectivity index (χ3n) is 4.76. The van der Waals surface area contributed by atoms with Crippen LogP contribution in [0.25, 0.3) is 0 Å². The molecule has 1 aliphatic heterocycles. The molecule has 0 amide bonds. The van der Waals surface area contributed by atoms with Crippen molar-refractivity contribution in [2.45, 2.75) is 31.1 Å². The smallest absolute Gasteiger partial charge is 0.314 e. The third-order valence-corrected chi connectivity index (χ3v) is 5.31. The molecule has 3 rings (SSSR count). The summed E-state index contributed by atoms with van der Waals surface area (Å²) in [5.74, 6) is -0.793. The average molecular weight is 315 g/mol. The van der Waals surface area contributed by atoms with Crippen molar-refractivity contribution in [2.75, 3.05) is 13.2 Å². The van der Waals surface area contributed by atoms with Crippen molar-refractivity contribution in [1.29, 1.82) is 0 Å². The lowest BCUT2D eigenvalue weighted by atomic mass is 9.48. The van der Waals surface area contributed by atoms with Gasteiger partial charge in [0, 0.05) is 23.3 Å². The maximum absolute atomic E-state index is 11.8. The summed E-state index contributed by atoms with van der Waals surface area (Å²) in [5.41, 5.74) is -0.0632. The van der Waals surface area contributed by atoms with Crippen LogP contribution in [0, 0.1) is 5.41 Å². The predicted octanol–water partition coefficient (Wildman–Crippen LogP) is 3.91. The van der Waals surface area contributed by atoms with Gasteiger partial charge in [-0.25, -0.2) is 0 Å². The topological polar surface area (TPSA) is 46.5 Å². The molecular weight excluding hydrogens is 299 g/mol. The van der Waals surface area contributed by atoms with Crippen LogP contribution in [-0.2, 0) is 14.9 Å². The monoisotopic (exact) mass is 314 g/mol. The van der Waals surface area contributed by atoms with Crippen LogP contribution < -0.4 is 0 Å². The Morgan fingerprint density at radius 3 is 2.40 bits per heavy atom. The molecule has 5 heteroatoms. The molecule has 20 heavy (non-hydrogen) atoms. The van der Waals surface area contributed by atoms with Crippen LogP contribution in [0.5, 0.6) is 0 Å². The van der Waals surface area contributed by atoms with Gasteiger partial charge in [-0.1, -0.05) is 29.3 Å². The first-order valence-corrected chi connectivity index (χ1v) is 7.50. The molecule has 0 bridgehead atoms. The number of ether oxygens (including phenoxy) is 1. The minimum absolute atomic E-state index is 0.111. The number of carbonyl (C=O) groups is 1. The SMILES string of the molecule is O=C(O)C1(c2ccc(Cl)cc2Cl)CC2(CCOCC2)C1. The first-order valence-electron chi connectivity index (χ1n) is 6.74. The summed E-state index contributed by atoms with van der Waals surface area (Å²) in [6, 6.07) is 5.09. The molecule has 0 radical (unpaired) electrons. The molecule has 1 aromatic rings. The van der Waals surface area contributed by atoms with E-state index in [1.165, 1.54) is 0 Å². The van der Waals surface area contributed by atoms with Crippen molar-refractivity contribution < 1.29 is 14.6 Å². The third kappa shape index (κ3) is 2.12. The summed E-state index contributed by atoms with van der Waals surface area (Å²) >= 11 is 12.1. The van der Waals surface area contributed by atoms with Crippen LogP contribution in [0.2, 0.25) is 10.0 Å². The maximum atomic E-state index is 11.8. The highest BCUT2D eigenvalue weighted by Crippen LogP contribution is 2.61. The van der Waals surface area contributed by atoms with E-state index >= 15 is 0 Å². The Morgan fingerprint density at radius 1 is 1.20 bits per heavy atom. The second-order valence-electron chi connectivity index (χ2n) is 5.98. The number of halogens is 2. The molecule has 1 saturated heterocycles. The first kappa shape index (κ1) is 14.2. The molecule has 1 spiro atoms. The molecule has 3 nitrogen and oxygen atoms in total. The number of carboxylic acids is 1. The number of carboxylic acid groups (broad SMARTS) is 1. The summed E-state index contributed by atoms with van der Waals surface area (Å²) in [6.07, 6.45) is 3.15. The molecule has 1 N–H and O–H groups in total. The van der Waals surface area contributed by atoms with Crippen LogP contribution in [-0.4, -0.2) is 24.3 Å². The Bertz CT molecular complexity index is 542. The highest BCUT2D eigenvalue weighted by atomic mass is 35.5. The average Bonchev–Trinajstić information content (AvgIpc) is 2.36. The predicted molar refractivity (Wildman–Crippen MR) is 77.5 cm³/mol. The van der Waals surface area contributed by atoms with Gasteiger partial charge in [0.2, 0.25) is 0 Å². The van der Waals surface area contributed by atoms with Gasteiger partial charge in [0.15, 0.2) is 0 Å². The quantitative estimate of drug-likeness (QED) is 0.900. The van der Waals surface area contributed by atoms with E-state index in [4.69, 9.17) is 27.9 Å². The molecule has 1 aromatic carbocycles. The Balaban J connectivity index is 1.93. The van der Waals surface area contributed by atoms with Gasteiger partial charge >= 0.3 is 5.97 Å². The van der Waals surface area contributed by atoms with E-state index in [1.807, 2.05) is 0 Å². The second kappa shape index (κ2) is 4.90. The first-order chi connectivity index (χ1) is 9.47. The lowest BCUT2D eigenvalue weighted by Gasteiger charge is -2.56. The normalized spacial score (nSPS) is 23.3. The van der Waals surface area contributed by atoms with Gasteiger partial charge in [-0.3, -0.25) is 4.79 Å². The lowest BCUT2D eigenvalue weighted by Crippen LogP contribution is -2.56. The Kier molecular flexibility index (Phi) is 3.47. The van der Waals surface area contributed by atoms with Gasteiger partial charge in [0.25, 0.3) is 0 Å². The van der Waals surface area contributed by atoms with Crippen molar-refractivity contribution in [3.05, 3.63) is 33.8 Å². The number of hydrogen-bond donors (Lipinski definition) is 1. The minimum Gasteiger partial charge on any atom is -0.481 e. The van der Waals surface area contributed by atoms with Crippen molar-refractivity contribution in [2.24, 2.45) is 5.41 Å². The molecule has 0 unspecified atom stereocenters. The van der Waals surface area contributed by atoms with E-state index in [1.54, 1.807) is 18.2 Å². The molecule has 2 aliphatic rings. The molecule has 2 fully saturated rings. The maximum Gasteiger partial charge on any atom is 0.314 e. The largest absolute Gasteiger partial charge is 0.481 e. The Morgan fingerprint density at radius 2 is 1.85 bits per heavy atom. The Hall–Kier alpha value is -0.770. The lowest BCUT2D eigenvalue weighted by molar-refractivity contribution is -0.160. The van der Waals surface area contributed by atoms with Crippen LogP contribution in [0.1, 0.15) is 31.2 Å². The number of benzene rings is 1. The fraction of sp³-hybridized carbons (Fsp3) is 0.533. The van der Waals surface area contributed by atoms with Crippen LogP contribution in [0.4, 0.5) is 0 Å². The van der Waals surface area contributed by atoms with E-state index < -0.39 is 11.4 Å². The van der Waals surface area contributed by atoms with E-state index in [0.717, 1.165) is 26.1 Å². The molecule has 1 saturated carbocycles. The zero-order chi connectivity index (χ0) is 14.4. The standard InChI is InChI=1S/C15H16Cl2O3/c16-10-1-2-11(12(17)7-10)15(13(18)19)8-14(9-15)3-5-20-6-4-14/h1-2,7H,3-6,8-9H2,(H,18,19). The van der Waals surface area contributed by atoms with Crippen LogP contribution in [0.15, 0.2) is 18.2 Å². The van der Waals surface area contributed by atoms with Gasteiger partial charge < -0.3 is 9.84 Å². The summed E-state index contributed by atoms with van der Waals surface area (Å²) in [7, 11) is 0. The van der Waals surface area contributed by atoms with E-state index in [0.29, 0.717) is 28.5 Å². The summed E-state index contributed by atoms with van der Waals surface area (Å²) < 4.78 is 5.38. The van der Waals surface area contributed by atoms with Gasteiger partial charge in [-0.15, -0.1) is 0 Å². The second-order valence-corrected chi connectivity index (χ2v) is 6.82. The van der Waals surface area contributed by atoms with Crippen LogP contribution in [0.3, 0.4) is 0 Å². The van der Waals surface area contributed by atoms with Gasteiger partial charge in [0.1, 0.15) is 0 Å². The molecule has 1 heterocycles. The minimum atomic E-state index is -0.862. The summed E-state index contributed by atoms with van der Waals surface area (Å²) in [5, 5.41) is 10.7. The van der Waals surface area contributed by atoms with Crippen molar-refractivity contribution >= 4 is 29.2 Å². The number of aliphatic carboxylic acids is 1. The molecule has 0 atom stereocenters. The molecular formula is C15H16Cl2O3. The zero-order valence-electron chi connectivity index (χ0n) is 11.0. The molecule has 108 valence electrons. The summed E-state index contributed by atoms with van der Waals surface area (Å²) in [4.78, 5) is 11.8. The Labute approximate surface area is 127 Å². The fourth-order valence-electron chi connectivity index (χ4n) is 3.72.